The molecule has 10 heteroatoms. The monoisotopic (exact) mass is 368 g/mol. The van der Waals surface area contributed by atoms with E-state index in [1.54, 1.807) is 0 Å². The van der Waals surface area contributed by atoms with Gasteiger partial charge in [0.2, 0.25) is 0 Å². The number of aliphatic hydroxyl groups excluding tert-OH is 4. The minimum Gasteiger partial charge on any atom is -0.457 e. The molecule has 0 radical (unpaired) electrons. The second-order valence-corrected chi connectivity index (χ2v) is 5.34. The fraction of sp³-hybridized carbons (Fsp3) is 0.867. The van der Waals surface area contributed by atoms with Crippen molar-refractivity contribution in [3.63, 3.8) is 0 Å². The molecule has 10 nitrogen and oxygen atoms in total. The van der Waals surface area contributed by atoms with Gasteiger partial charge in [0.05, 0.1) is 52.4 Å². The zero-order valence-electron chi connectivity index (χ0n) is 14.3. The van der Waals surface area contributed by atoms with Crippen LogP contribution in [0.25, 0.3) is 0 Å². The highest BCUT2D eigenvalue weighted by Gasteiger charge is 2.14. The number of quaternary nitrogens is 1. The Morgan fingerprint density at radius 2 is 1.28 bits per heavy atom. The maximum absolute atomic E-state index is 11.5. The maximum atomic E-state index is 11.5. The van der Waals surface area contributed by atoms with Crippen LogP contribution in [-0.4, -0.2) is 90.9 Å². The summed E-state index contributed by atoms with van der Waals surface area (Å²) in [6.07, 6.45) is -0.0950. The first-order valence-electron chi connectivity index (χ1n) is 8.29. The van der Waals surface area contributed by atoms with Gasteiger partial charge in [-0.15, -0.1) is 0 Å². The summed E-state index contributed by atoms with van der Waals surface area (Å²) in [5.41, 5.74) is 0. The van der Waals surface area contributed by atoms with Gasteiger partial charge < -0.3 is 40.0 Å². The highest BCUT2D eigenvalue weighted by Crippen LogP contribution is 1.98. The van der Waals surface area contributed by atoms with Crippen molar-refractivity contribution in [1.29, 1.82) is 0 Å². The lowest BCUT2D eigenvalue weighted by Gasteiger charge is -2.14. The van der Waals surface area contributed by atoms with Crippen LogP contribution in [-0.2, 0) is 23.8 Å². The Labute approximate surface area is 146 Å². The van der Waals surface area contributed by atoms with Gasteiger partial charge in [0.1, 0.15) is 19.0 Å². The minimum absolute atomic E-state index is 0.0611. The molecular formula is C15H30NO9+. The Kier molecular flexibility index (Phi) is 15.3. The van der Waals surface area contributed by atoms with Crippen molar-refractivity contribution in [2.45, 2.75) is 37.9 Å². The lowest BCUT2D eigenvalue weighted by molar-refractivity contribution is -0.655. The van der Waals surface area contributed by atoms with E-state index >= 15 is 0 Å². The maximum Gasteiger partial charge on any atom is 0.306 e. The molecule has 0 aliphatic carbocycles. The highest BCUT2D eigenvalue weighted by atomic mass is 16.6. The Morgan fingerprint density at radius 3 is 1.72 bits per heavy atom. The van der Waals surface area contributed by atoms with Gasteiger partial charge in [-0.2, -0.15) is 0 Å². The van der Waals surface area contributed by atoms with Crippen LogP contribution < -0.4 is 5.32 Å². The van der Waals surface area contributed by atoms with Crippen molar-refractivity contribution in [2.75, 3.05) is 46.3 Å². The Balaban J connectivity index is 3.59. The van der Waals surface area contributed by atoms with Crippen molar-refractivity contribution < 1.29 is 49.5 Å². The first-order chi connectivity index (χ1) is 12.1. The Morgan fingerprint density at radius 1 is 0.800 bits per heavy atom. The van der Waals surface area contributed by atoms with E-state index in [1.165, 1.54) is 0 Å². The van der Waals surface area contributed by atoms with Gasteiger partial charge in [0, 0.05) is 12.8 Å². The van der Waals surface area contributed by atoms with E-state index in [9.17, 15) is 9.59 Å². The summed E-state index contributed by atoms with van der Waals surface area (Å²) in [5, 5.41) is 37.0. The number of carbonyl (C=O) groups excluding carboxylic acids is 2. The van der Waals surface area contributed by atoms with E-state index in [-0.39, 0.29) is 26.1 Å². The third-order valence-corrected chi connectivity index (χ3v) is 3.18. The molecule has 0 aliphatic heterocycles. The SMILES string of the molecule is O=C(CCC[NH2+]CCCC(=O)OC(CO)COCO)OC(CO)CO. The molecule has 1 atom stereocenters. The van der Waals surface area contributed by atoms with Crippen molar-refractivity contribution >= 4 is 11.9 Å². The Hall–Kier alpha value is -1.30. The fourth-order valence-electron chi connectivity index (χ4n) is 1.86. The normalized spacial score (nSPS) is 12.2. The zero-order valence-corrected chi connectivity index (χ0v) is 14.3. The van der Waals surface area contributed by atoms with Crippen LogP contribution in [0.3, 0.4) is 0 Å². The first-order valence-corrected chi connectivity index (χ1v) is 8.29. The number of carbonyl (C=O) groups is 2. The second kappa shape index (κ2) is 16.2. The van der Waals surface area contributed by atoms with Crippen LogP contribution in [0.5, 0.6) is 0 Å². The first kappa shape index (κ1) is 23.7. The molecule has 6 N–H and O–H groups in total. The summed E-state index contributed by atoms with van der Waals surface area (Å²) in [6.45, 7) is -0.401. The van der Waals surface area contributed by atoms with Gasteiger partial charge in [0.25, 0.3) is 0 Å². The van der Waals surface area contributed by atoms with Gasteiger partial charge in [-0.25, -0.2) is 0 Å². The molecular weight excluding hydrogens is 338 g/mol. The second-order valence-electron chi connectivity index (χ2n) is 5.34. The number of aliphatic hydroxyl groups is 4. The van der Waals surface area contributed by atoms with Gasteiger partial charge in [-0.05, 0) is 0 Å². The number of nitrogens with two attached hydrogens (primary N) is 1. The Bertz CT molecular complexity index is 350. The van der Waals surface area contributed by atoms with Crippen molar-refractivity contribution in [1.82, 2.24) is 0 Å². The molecule has 0 aliphatic rings. The third-order valence-electron chi connectivity index (χ3n) is 3.18. The fourth-order valence-corrected chi connectivity index (χ4v) is 1.86. The van der Waals surface area contributed by atoms with Gasteiger partial charge in [-0.3, -0.25) is 9.59 Å². The molecule has 0 fully saturated rings. The van der Waals surface area contributed by atoms with Crippen LogP contribution >= 0.6 is 0 Å². The minimum atomic E-state index is -0.868. The van der Waals surface area contributed by atoms with Gasteiger partial charge in [-0.1, -0.05) is 0 Å². The largest absolute Gasteiger partial charge is 0.457 e. The zero-order chi connectivity index (χ0) is 18.9. The van der Waals surface area contributed by atoms with Crippen LogP contribution in [0.1, 0.15) is 25.7 Å². The molecule has 0 bridgehead atoms. The number of hydrogen-bond donors (Lipinski definition) is 5. The summed E-state index contributed by atoms with van der Waals surface area (Å²) >= 11 is 0. The van der Waals surface area contributed by atoms with Gasteiger partial charge >= 0.3 is 11.9 Å². The third kappa shape index (κ3) is 13.6. The van der Waals surface area contributed by atoms with E-state index in [0.717, 1.165) is 0 Å². The van der Waals surface area contributed by atoms with Crippen molar-refractivity contribution in [3.8, 4) is 0 Å². The molecule has 0 saturated carbocycles. The summed E-state index contributed by atoms with van der Waals surface area (Å²) in [5.74, 6) is -0.915. The van der Waals surface area contributed by atoms with Crippen LogP contribution in [0.2, 0.25) is 0 Å². The molecule has 0 aromatic carbocycles. The highest BCUT2D eigenvalue weighted by molar-refractivity contribution is 5.69. The number of ether oxygens (including phenoxy) is 3. The molecule has 0 aromatic heterocycles. The average Bonchev–Trinajstić information content (AvgIpc) is 2.62. The van der Waals surface area contributed by atoms with E-state index in [0.29, 0.717) is 25.9 Å². The van der Waals surface area contributed by atoms with Crippen molar-refractivity contribution in [3.05, 3.63) is 0 Å². The standard InChI is InChI=1S/C15H29NO9/c17-7-12(8-18)24-14(21)3-1-5-16-6-2-4-15(22)25-13(9-19)10-23-11-20/h12-13,16-20H,1-11H2/p+1. The summed E-state index contributed by atoms with van der Waals surface area (Å²) in [7, 11) is 0. The van der Waals surface area contributed by atoms with E-state index in [2.05, 4.69) is 4.74 Å². The lowest BCUT2D eigenvalue weighted by atomic mass is 10.2. The van der Waals surface area contributed by atoms with E-state index < -0.39 is 44.2 Å². The lowest BCUT2D eigenvalue weighted by Crippen LogP contribution is -2.84. The quantitative estimate of drug-likeness (QED) is 0.108. The van der Waals surface area contributed by atoms with E-state index in [1.807, 2.05) is 5.32 Å². The summed E-state index contributed by atoms with van der Waals surface area (Å²) in [6, 6.07) is 0. The summed E-state index contributed by atoms with van der Waals surface area (Å²) in [4.78, 5) is 22.9. The molecule has 0 saturated heterocycles. The molecule has 25 heavy (non-hydrogen) atoms. The molecule has 1 unspecified atom stereocenters. The van der Waals surface area contributed by atoms with Crippen LogP contribution in [0, 0.1) is 0 Å². The molecule has 0 aromatic rings. The predicted octanol–water partition coefficient (Wildman–Crippen LogP) is -3.12. The number of hydrogen-bond acceptors (Lipinski definition) is 9. The van der Waals surface area contributed by atoms with Gasteiger partial charge in [0.15, 0.2) is 0 Å². The topological polar surface area (TPSA) is 159 Å². The predicted molar refractivity (Wildman–Crippen MR) is 84.2 cm³/mol. The molecule has 0 rings (SSSR count). The molecule has 0 heterocycles. The number of rotatable bonds is 16. The van der Waals surface area contributed by atoms with E-state index in [4.69, 9.17) is 29.9 Å². The van der Waals surface area contributed by atoms with Crippen molar-refractivity contribution in [2.24, 2.45) is 0 Å². The molecule has 0 spiro atoms. The van der Waals surface area contributed by atoms with Crippen LogP contribution in [0.4, 0.5) is 0 Å². The smallest absolute Gasteiger partial charge is 0.306 e. The molecule has 0 amide bonds. The van der Waals surface area contributed by atoms with Crippen LogP contribution in [0.15, 0.2) is 0 Å². The summed E-state index contributed by atoms with van der Waals surface area (Å²) < 4.78 is 14.5. The average molecular weight is 368 g/mol. The molecule has 148 valence electrons. The number of esters is 2.